The van der Waals surface area contributed by atoms with Crippen molar-refractivity contribution in [2.45, 2.75) is 66.7 Å². The molecule has 2 saturated heterocycles. The molecule has 8 nitrogen and oxygen atoms in total. The van der Waals surface area contributed by atoms with Crippen LogP contribution in [-0.2, 0) is 19.2 Å². The van der Waals surface area contributed by atoms with Crippen LogP contribution in [0.15, 0.2) is 26.7 Å². The van der Waals surface area contributed by atoms with Crippen LogP contribution in [0.1, 0.15) is 56.4 Å². The molecule has 0 spiro atoms. The van der Waals surface area contributed by atoms with E-state index < -0.39 is 45.2 Å². The molecule has 13 heteroatoms. The number of allylic oxidation sites excluding steroid dienone is 2. The van der Waals surface area contributed by atoms with Crippen molar-refractivity contribution in [2.24, 2.45) is 17.8 Å². The third-order valence-corrected chi connectivity index (χ3v) is 13.8. The lowest BCUT2D eigenvalue weighted by Gasteiger charge is -2.51. The molecule has 2 aliphatic heterocycles. The molecule has 1 N–H and O–H groups in total. The number of methoxy groups -OCH3 is 1. The van der Waals surface area contributed by atoms with Gasteiger partial charge in [0.2, 0.25) is 11.8 Å². The van der Waals surface area contributed by atoms with Gasteiger partial charge in [0.1, 0.15) is 0 Å². The molecule has 0 bridgehead atoms. The second-order valence-corrected chi connectivity index (χ2v) is 14.8. The van der Waals surface area contributed by atoms with E-state index in [0.717, 1.165) is 37.0 Å². The maximum absolute atomic E-state index is 14.1. The number of carbonyl (C=O) groups is 4. The minimum atomic E-state index is -1.95. The summed E-state index contributed by atoms with van der Waals surface area (Å²) in [4.78, 5) is 54.3. The third-order valence-electron chi connectivity index (χ3n) is 9.69. The highest BCUT2D eigenvalue weighted by Gasteiger charge is 2.76. The number of imide groups is 2. The lowest BCUT2D eigenvalue weighted by molar-refractivity contribution is -0.144. The van der Waals surface area contributed by atoms with E-state index in [-0.39, 0.29) is 45.7 Å². The van der Waals surface area contributed by atoms with Gasteiger partial charge < -0.3 is 9.84 Å². The molecule has 5 aliphatic rings. The molecule has 0 aromatic heterocycles. The van der Waals surface area contributed by atoms with Crippen LogP contribution in [0.5, 0.6) is 11.5 Å². The number of fused-ring (bicyclic) bond motifs is 4. The lowest BCUT2D eigenvalue weighted by atomic mass is 9.56. The van der Waals surface area contributed by atoms with E-state index in [1.54, 1.807) is 6.07 Å². The van der Waals surface area contributed by atoms with E-state index in [0.29, 0.717) is 22.0 Å². The minimum absolute atomic E-state index is 0.0683. The number of hydrogen-bond donors (Lipinski definition) is 1. The Morgan fingerprint density at radius 1 is 1.02 bits per heavy atom. The summed E-state index contributed by atoms with van der Waals surface area (Å²) in [5.41, 5.74) is 1.04. The standard InChI is InChI=1S/C28H27Br3Cl2N2O6/c1-41-17-9-15(20(30)21(31)22(17)36)19-13-7-8-14-18(24(38)35(23(14)37)12-5-3-2-4-6-12)16(13)10-27(32)25(39)34(11-29)26(40)28(19,27)33/h7,9,12,14,16,18-19,36H,2-6,8,10-11H2,1H3. The molecule has 6 atom stereocenters. The van der Waals surface area contributed by atoms with Gasteiger partial charge >= 0.3 is 0 Å². The van der Waals surface area contributed by atoms with Crippen molar-refractivity contribution in [3.05, 3.63) is 32.2 Å². The van der Waals surface area contributed by atoms with Gasteiger partial charge in [-0.25, -0.2) is 0 Å². The summed E-state index contributed by atoms with van der Waals surface area (Å²) < 4.78 is 6.09. The second kappa shape index (κ2) is 10.5. The largest absolute Gasteiger partial charge is 0.503 e. The zero-order valence-corrected chi connectivity index (χ0v) is 28.2. The molecule has 6 rings (SSSR count). The summed E-state index contributed by atoms with van der Waals surface area (Å²) in [6, 6.07) is 1.44. The molecule has 2 heterocycles. The van der Waals surface area contributed by atoms with Crippen LogP contribution in [0.2, 0.25) is 0 Å². The van der Waals surface area contributed by atoms with E-state index in [4.69, 9.17) is 27.9 Å². The van der Waals surface area contributed by atoms with Crippen molar-refractivity contribution in [3.63, 3.8) is 0 Å². The van der Waals surface area contributed by atoms with Crippen molar-refractivity contribution < 1.29 is 29.0 Å². The topological polar surface area (TPSA) is 104 Å². The van der Waals surface area contributed by atoms with Crippen LogP contribution in [0.3, 0.4) is 0 Å². The summed E-state index contributed by atoms with van der Waals surface area (Å²) >= 11 is 24.8. The molecule has 1 aromatic rings. The molecule has 6 unspecified atom stereocenters. The number of amides is 4. The van der Waals surface area contributed by atoms with Crippen LogP contribution in [-0.4, -0.2) is 66.9 Å². The molecule has 0 radical (unpaired) electrons. The van der Waals surface area contributed by atoms with E-state index >= 15 is 0 Å². The highest BCUT2D eigenvalue weighted by Crippen LogP contribution is 2.67. The predicted octanol–water partition coefficient (Wildman–Crippen LogP) is 5.97. The van der Waals surface area contributed by atoms with Gasteiger partial charge in [-0.15, -0.1) is 23.2 Å². The van der Waals surface area contributed by atoms with Gasteiger partial charge in [-0.1, -0.05) is 46.8 Å². The Bertz CT molecular complexity index is 1420. The number of phenolic OH excluding ortho intramolecular Hbond substituents is 1. The van der Waals surface area contributed by atoms with Gasteiger partial charge in [0.05, 0.1) is 28.9 Å². The molecule has 1 aromatic carbocycles. The number of likely N-dealkylation sites (tertiary alicyclic amines) is 2. The molecule has 3 aliphatic carbocycles. The first-order chi connectivity index (χ1) is 19.4. The molecule has 4 fully saturated rings. The first-order valence-electron chi connectivity index (χ1n) is 13.6. The average molecular weight is 798 g/mol. The summed E-state index contributed by atoms with van der Waals surface area (Å²) in [6.45, 7) is 0. The second-order valence-electron chi connectivity index (χ2n) is 11.5. The molecule has 41 heavy (non-hydrogen) atoms. The minimum Gasteiger partial charge on any atom is -0.503 e. The number of halogens is 5. The van der Waals surface area contributed by atoms with E-state index in [9.17, 15) is 24.3 Å². The molecular formula is C28H27Br3Cl2N2O6. The Morgan fingerprint density at radius 2 is 1.71 bits per heavy atom. The maximum Gasteiger partial charge on any atom is 0.254 e. The van der Waals surface area contributed by atoms with Crippen molar-refractivity contribution in [2.75, 3.05) is 12.6 Å². The van der Waals surface area contributed by atoms with Gasteiger partial charge in [0, 0.05) is 16.4 Å². The predicted molar refractivity (Wildman–Crippen MR) is 162 cm³/mol. The van der Waals surface area contributed by atoms with Crippen molar-refractivity contribution in [3.8, 4) is 11.5 Å². The Balaban J connectivity index is 1.55. The zero-order valence-electron chi connectivity index (χ0n) is 22.0. The summed E-state index contributed by atoms with van der Waals surface area (Å²) in [5.74, 6) is -4.62. The van der Waals surface area contributed by atoms with Gasteiger partial charge in [0.15, 0.2) is 21.2 Å². The van der Waals surface area contributed by atoms with Crippen LogP contribution in [0, 0.1) is 17.8 Å². The number of benzene rings is 1. The van der Waals surface area contributed by atoms with Crippen molar-refractivity contribution in [1.29, 1.82) is 0 Å². The lowest BCUT2D eigenvalue weighted by Crippen LogP contribution is -2.60. The average Bonchev–Trinajstić information content (AvgIpc) is 3.30. The fourth-order valence-corrected chi connectivity index (χ4v) is 10.2. The highest BCUT2D eigenvalue weighted by molar-refractivity contribution is 9.13. The van der Waals surface area contributed by atoms with Gasteiger partial charge in [0.25, 0.3) is 11.8 Å². The number of nitrogens with zero attached hydrogens (tertiary/aromatic N) is 2. The number of aromatic hydroxyl groups is 1. The Labute approximate surface area is 272 Å². The fraction of sp³-hybridized carbons (Fsp3) is 0.571. The number of carbonyl (C=O) groups excluding carboxylic acids is 4. The van der Waals surface area contributed by atoms with Crippen LogP contribution < -0.4 is 4.74 Å². The summed E-state index contributed by atoms with van der Waals surface area (Å²) in [6.07, 6.45) is 6.74. The van der Waals surface area contributed by atoms with Gasteiger partial charge in [-0.3, -0.25) is 29.0 Å². The number of ether oxygens (including phenoxy) is 1. The van der Waals surface area contributed by atoms with E-state index in [1.807, 2.05) is 6.08 Å². The Morgan fingerprint density at radius 3 is 2.34 bits per heavy atom. The first kappa shape index (κ1) is 29.9. The highest BCUT2D eigenvalue weighted by atomic mass is 79.9. The van der Waals surface area contributed by atoms with E-state index in [1.165, 1.54) is 12.0 Å². The fourth-order valence-electron chi connectivity index (χ4n) is 7.80. The first-order valence-corrected chi connectivity index (χ1v) is 17.0. The monoisotopic (exact) mass is 794 g/mol. The number of alkyl halides is 3. The van der Waals surface area contributed by atoms with Crippen LogP contribution in [0.4, 0.5) is 0 Å². The Hall–Kier alpha value is -1.14. The quantitative estimate of drug-likeness (QED) is 0.175. The van der Waals surface area contributed by atoms with Gasteiger partial charge in [-0.05, 0) is 75.1 Å². The van der Waals surface area contributed by atoms with E-state index in [2.05, 4.69) is 47.8 Å². The smallest absolute Gasteiger partial charge is 0.254 e. The summed E-state index contributed by atoms with van der Waals surface area (Å²) in [5, 5.41) is 10.7. The molecule has 220 valence electrons. The normalized spacial score (nSPS) is 35.4. The van der Waals surface area contributed by atoms with Crippen molar-refractivity contribution in [1.82, 2.24) is 9.80 Å². The number of rotatable bonds is 4. The molecule has 2 saturated carbocycles. The number of hydrogen-bond acceptors (Lipinski definition) is 6. The van der Waals surface area contributed by atoms with Crippen LogP contribution >= 0.6 is 71.0 Å². The molecule has 4 amide bonds. The van der Waals surface area contributed by atoms with Crippen molar-refractivity contribution >= 4 is 94.6 Å². The number of phenols is 1. The maximum atomic E-state index is 14.1. The molecular weight excluding hydrogens is 771 g/mol. The van der Waals surface area contributed by atoms with Crippen LogP contribution in [0.25, 0.3) is 0 Å². The zero-order chi connectivity index (χ0) is 29.6. The Kier molecular flexibility index (Phi) is 7.65. The SMILES string of the molecule is COc1cc(C2C3=CCC4C(=O)N(C5CCCCC5)C(=O)C4C3CC3(Cl)C(=O)N(CBr)C(=O)C23Cl)c(Br)c(Br)c1O. The third kappa shape index (κ3) is 3.93. The van der Waals surface area contributed by atoms with Gasteiger partial charge in [-0.2, -0.15) is 0 Å². The summed E-state index contributed by atoms with van der Waals surface area (Å²) in [7, 11) is 1.40.